The van der Waals surface area contributed by atoms with Crippen molar-refractivity contribution in [2.75, 3.05) is 33.2 Å². The number of nitrogens with one attached hydrogen (secondary N) is 1. The summed E-state index contributed by atoms with van der Waals surface area (Å²) >= 11 is 0. The van der Waals surface area contributed by atoms with Gasteiger partial charge in [-0.25, -0.2) is 4.98 Å². The SMILES string of the molecule is CN1C[C@@H]2CN(C(=O)c3nc4cc(C#N)ccc4[nH]3)C[C@@H]2C1. The van der Waals surface area contributed by atoms with Gasteiger partial charge in [0.15, 0.2) is 5.82 Å². The molecule has 2 saturated heterocycles. The Morgan fingerprint density at radius 1 is 1.32 bits per heavy atom. The van der Waals surface area contributed by atoms with Gasteiger partial charge in [-0.3, -0.25) is 4.79 Å². The van der Waals surface area contributed by atoms with E-state index >= 15 is 0 Å². The molecule has 2 aliphatic heterocycles. The summed E-state index contributed by atoms with van der Waals surface area (Å²) in [7, 11) is 2.14. The van der Waals surface area contributed by atoms with Crippen molar-refractivity contribution in [3.8, 4) is 6.07 Å². The predicted octanol–water partition coefficient (Wildman–Crippen LogP) is 1.07. The maximum atomic E-state index is 12.6. The molecule has 1 aromatic carbocycles. The number of nitrogens with zero attached hydrogens (tertiary/aromatic N) is 4. The minimum absolute atomic E-state index is 0.0354. The number of benzene rings is 1. The van der Waals surface area contributed by atoms with Crippen LogP contribution in [0.1, 0.15) is 16.2 Å². The van der Waals surface area contributed by atoms with Gasteiger partial charge in [0, 0.05) is 26.2 Å². The largest absolute Gasteiger partial charge is 0.335 e. The maximum Gasteiger partial charge on any atom is 0.289 e. The van der Waals surface area contributed by atoms with E-state index in [2.05, 4.69) is 28.0 Å². The number of nitriles is 1. The summed E-state index contributed by atoms with van der Waals surface area (Å²) in [4.78, 5) is 24.3. The van der Waals surface area contributed by atoms with Crippen molar-refractivity contribution < 1.29 is 4.79 Å². The van der Waals surface area contributed by atoms with Crippen molar-refractivity contribution in [3.63, 3.8) is 0 Å². The molecule has 6 heteroatoms. The molecule has 6 nitrogen and oxygen atoms in total. The molecular weight excluding hydrogens is 278 g/mol. The third kappa shape index (κ3) is 2.06. The molecule has 2 aliphatic rings. The summed E-state index contributed by atoms with van der Waals surface area (Å²) in [5, 5.41) is 8.93. The molecule has 22 heavy (non-hydrogen) atoms. The van der Waals surface area contributed by atoms with E-state index in [1.165, 1.54) is 0 Å². The topological polar surface area (TPSA) is 76.0 Å². The number of hydrogen-bond donors (Lipinski definition) is 1. The average Bonchev–Trinajstić information content (AvgIpc) is 3.17. The third-order valence-electron chi connectivity index (χ3n) is 4.77. The van der Waals surface area contributed by atoms with Crippen molar-refractivity contribution in [1.29, 1.82) is 5.26 Å². The van der Waals surface area contributed by atoms with Crippen LogP contribution in [0.3, 0.4) is 0 Å². The smallest absolute Gasteiger partial charge is 0.289 e. The number of likely N-dealkylation sites (tertiary alicyclic amines) is 2. The van der Waals surface area contributed by atoms with Crippen LogP contribution in [0.4, 0.5) is 0 Å². The number of hydrogen-bond acceptors (Lipinski definition) is 4. The summed E-state index contributed by atoms with van der Waals surface area (Å²) in [6.45, 7) is 3.77. The fraction of sp³-hybridized carbons (Fsp3) is 0.438. The van der Waals surface area contributed by atoms with Crippen LogP contribution in [-0.2, 0) is 0 Å². The van der Waals surface area contributed by atoms with Gasteiger partial charge >= 0.3 is 0 Å². The van der Waals surface area contributed by atoms with Crippen LogP contribution in [0.25, 0.3) is 11.0 Å². The molecule has 0 bridgehead atoms. The molecule has 0 aliphatic carbocycles. The monoisotopic (exact) mass is 295 g/mol. The first-order valence-electron chi connectivity index (χ1n) is 7.52. The molecule has 4 rings (SSSR count). The zero-order chi connectivity index (χ0) is 15.3. The lowest BCUT2D eigenvalue weighted by molar-refractivity contribution is 0.0765. The van der Waals surface area contributed by atoms with E-state index in [0.717, 1.165) is 31.7 Å². The van der Waals surface area contributed by atoms with Gasteiger partial charge < -0.3 is 14.8 Å². The molecular formula is C16H17N5O. The minimum Gasteiger partial charge on any atom is -0.335 e. The number of aromatic nitrogens is 2. The van der Waals surface area contributed by atoms with Crippen LogP contribution in [0.2, 0.25) is 0 Å². The van der Waals surface area contributed by atoms with E-state index in [1.807, 2.05) is 4.90 Å². The van der Waals surface area contributed by atoms with Gasteiger partial charge in [0.1, 0.15) is 0 Å². The summed E-state index contributed by atoms with van der Waals surface area (Å²) in [6.07, 6.45) is 0. The predicted molar refractivity (Wildman–Crippen MR) is 81.2 cm³/mol. The summed E-state index contributed by atoms with van der Waals surface area (Å²) in [5.41, 5.74) is 2.01. The number of fused-ring (bicyclic) bond motifs is 2. The zero-order valence-corrected chi connectivity index (χ0v) is 12.4. The van der Waals surface area contributed by atoms with Gasteiger partial charge in [0.05, 0.1) is 22.7 Å². The minimum atomic E-state index is -0.0354. The van der Waals surface area contributed by atoms with Crippen molar-refractivity contribution in [3.05, 3.63) is 29.6 Å². The second-order valence-corrected chi connectivity index (χ2v) is 6.38. The summed E-state index contributed by atoms with van der Waals surface area (Å²) < 4.78 is 0. The lowest BCUT2D eigenvalue weighted by atomic mass is 10.0. The summed E-state index contributed by atoms with van der Waals surface area (Å²) in [5.74, 6) is 1.51. The van der Waals surface area contributed by atoms with E-state index < -0.39 is 0 Å². The highest BCUT2D eigenvalue weighted by atomic mass is 16.2. The third-order valence-corrected chi connectivity index (χ3v) is 4.77. The molecule has 2 aromatic rings. The van der Waals surface area contributed by atoms with Gasteiger partial charge in [0.25, 0.3) is 5.91 Å². The number of H-pyrrole nitrogens is 1. The molecule has 2 fully saturated rings. The van der Waals surface area contributed by atoms with Crippen molar-refractivity contribution in [2.24, 2.45) is 11.8 Å². The standard InChI is InChI=1S/C16H17N5O/c1-20-6-11-8-21(9-12(11)7-20)16(22)15-18-13-3-2-10(5-17)4-14(13)19-15/h2-4,11-12H,6-9H2,1H3,(H,18,19)/t11-,12+. The Labute approximate surface area is 128 Å². The number of carbonyl (C=O) groups is 1. The quantitative estimate of drug-likeness (QED) is 0.854. The van der Waals surface area contributed by atoms with Crippen molar-refractivity contribution in [1.82, 2.24) is 19.8 Å². The van der Waals surface area contributed by atoms with Crippen LogP contribution in [0.5, 0.6) is 0 Å². The van der Waals surface area contributed by atoms with E-state index in [9.17, 15) is 4.79 Å². The lowest BCUT2D eigenvalue weighted by Gasteiger charge is -2.18. The highest BCUT2D eigenvalue weighted by Gasteiger charge is 2.41. The van der Waals surface area contributed by atoms with Crippen LogP contribution in [0, 0.1) is 23.2 Å². The first-order valence-corrected chi connectivity index (χ1v) is 7.52. The molecule has 0 saturated carbocycles. The fourth-order valence-corrected chi connectivity index (χ4v) is 3.72. The Morgan fingerprint density at radius 3 is 2.73 bits per heavy atom. The number of amides is 1. The highest BCUT2D eigenvalue weighted by Crippen LogP contribution is 2.30. The highest BCUT2D eigenvalue weighted by molar-refractivity contribution is 5.94. The van der Waals surface area contributed by atoms with Crippen LogP contribution < -0.4 is 0 Å². The first kappa shape index (κ1) is 13.3. The van der Waals surface area contributed by atoms with Crippen molar-refractivity contribution in [2.45, 2.75) is 0 Å². The van der Waals surface area contributed by atoms with Gasteiger partial charge in [-0.15, -0.1) is 0 Å². The molecule has 112 valence electrons. The van der Waals surface area contributed by atoms with Gasteiger partial charge in [-0.05, 0) is 37.1 Å². The Hall–Kier alpha value is -2.39. The van der Waals surface area contributed by atoms with Gasteiger partial charge in [-0.2, -0.15) is 5.26 Å². The molecule has 0 spiro atoms. The maximum absolute atomic E-state index is 12.6. The Bertz CT molecular complexity index is 775. The summed E-state index contributed by atoms with van der Waals surface area (Å²) in [6, 6.07) is 7.32. The molecule has 2 atom stereocenters. The zero-order valence-electron chi connectivity index (χ0n) is 12.4. The first-order chi connectivity index (χ1) is 10.6. The molecule has 1 aromatic heterocycles. The Morgan fingerprint density at radius 2 is 2.05 bits per heavy atom. The number of imidazole rings is 1. The van der Waals surface area contributed by atoms with E-state index in [4.69, 9.17) is 5.26 Å². The Kier molecular flexibility index (Phi) is 2.91. The van der Waals surface area contributed by atoms with Gasteiger partial charge in [-0.1, -0.05) is 0 Å². The van der Waals surface area contributed by atoms with E-state index in [0.29, 0.717) is 28.7 Å². The van der Waals surface area contributed by atoms with Crippen LogP contribution >= 0.6 is 0 Å². The van der Waals surface area contributed by atoms with E-state index in [-0.39, 0.29) is 5.91 Å². The molecule has 1 N–H and O–H groups in total. The van der Waals surface area contributed by atoms with E-state index in [1.54, 1.807) is 18.2 Å². The second-order valence-electron chi connectivity index (χ2n) is 6.38. The molecule has 1 amide bonds. The lowest BCUT2D eigenvalue weighted by Crippen LogP contribution is -2.32. The number of carbonyl (C=O) groups excluding carboxylic acids is 1. The van der Waals surface area contributed by atoms with Crippen molar-refractivity contribution >= 4 is 16.9 Å². The van der Waals surface area contributed by atoms with Gasteiger partial charge in [0.2, 0.25) is 0 Å². The average molecular weight is 295 g/mol. The van der Waals surface area contributed by atoms with Crippen LogP contribution in [-0.4, -0.2) is 58.9 Å². The normalized spacial score (nSPS) is 24.6. The number of rotatable bonds is 1. The molecule has 0 radical (unpaired) electrons. The van der Waals surface area contributed by atoms with Crippen LogP contribution in [0.15, 0.2) is 18.2 Å². The fourth-order valence-electron chi connectivity index (χ4n) is 3.72. The number of aromatic amines is 1. The molecule has 3 heterocycles. The molecule has 0 unspecified atom stereocenters. The Balaban J connectivity index is 1.57. The second kappa shape index (κ2) is 4.82.